The molecule has 0 bridgehead atoms. The van der Waals surface area contributed by atoms with Crippen LogP contribution in [0.2, 0.25) is 0 Å². The second-order valence-electron chi connectivity index (χ2n) is 7.49. The number of carbonyl (C=O) groups excluding carboxylic acids is 1. The Labute approximate surface area is 180 Å². The van der Waals surface area contributed by atoms with Crippen LogP contribution in [0.15, 0.2) is 54.7 Å². The predicted octanol–water partition coefficient (Wildman–Crippen LogP) is 2.24. The maximum atomic E-state index is 12.6. The Bertz CT molecular complexity index is 1020. The number of aromatic amines is 1. The number of likely N-dealkylation sites (tertiary alicyclic amines) is 1. The lowest BCUT2D eigenvalue weighted by molar-refractivity contribution is -0.122. The normalized spacial score (nSPS) is 18.6. The summed E-state index contributed by atoms with van der Waals surface area (Å²) in [5.74, 6) is 0.503. The van der Waals surface area contributed by atoms with Crippen LogP contribution in [0, 0.1) is 0 Å². The number of carbonyl (C=O) groups is 2. The number of rotatable bonds is 5. The van der Waals surface area contributed by atoms with Gasteiger partial charge in [-0.1, -0.05) is 18.2 Å². The van der Waals surface area contributed by atoms with Crippen LogP contribution in [0.3, 0.4) is 0 Å². The average Bonchev–Trinajstić information content (AvgIpc) is 3.22. The molecule has 3 aromatic rings. The van der Waals surface area contributed by atoms with E-state index in [0.29, 0.717) is 30.8 Å². The van der Waals surface area contributed by atoms with E-state index < -0.39 is 6.10 Å². The number of hydrogen-bond acceptors (Lipinski definition) is 5. The van der Waals surface area contributed by atoms with Gasteiger partial charge in [0.1, 0.15) is 5.75 Å². The molecule has 1 aromatic heterocycles. The molecular formula is C23H27N3O5. The van der Waals surface area contributed by atoms with Gasteiger partial charge in [-0.05, 0) is 47.7 Å². The van der Waals surface area contributed by atoms with Crippen molar-refractivity contribution in [2.24, 2.45) is 0 Å². The van der Waals surface area contributed by atoms with E-state index in [1.807, 2.05) is 18.3 Å². The van der Waals surface area contributed by atoms with Crippen LogP contribution in [0.25, 0.3) is 10.9 Å². The van der Waals surface area contributed by atoms with Crippen molar-refractivity contribution >= 4 is 23.3 Å². The minimum absolute atomic E-state index is 0.100. The lowest BCUT2D eigenvalue weighted by Gasteiger charge is -2.36. The molecule has 0 spiro atoms. The van der Waals surface area contributed by atoms with Crippen LogP contribution in [0.4, 0.5) is 0 Å². The van der Waals surface area contributed by atoms with Crippen LogP contribution in [-0.2, 0) is 11.3 Å². The highest BCUT2D eigenvalue weighted by atomic mass is 16.5. The third-order valence-corrected chi connectivity index (χ3v) is 5.20. The molecule has 1 aliphatic heterocycles. The highest BCUT2D eigenvalue weighted by Crippen LogP contribution is 2.19. The summed E-state index contributed by atoms with van der Waals surface area (Å²) >= 11 is 0. The Hall–Kier alpha value is -3.36. The number of H-pyrrole nitrogens is 1. The number of benzene rings is 2. The SMILES string of the molecule is COc1cccc(C(=O)N[C@H]2C[C@@H](O)CN(Cc3ccc4cc[nH]c4c3)C2)c1.O=CO. The van der Waals surface area contributed by atoms with Crippen molar-refractivity contribution in [3.63, 3.8) is 0 Å². The second-order valence-corrected chi connectivity index (χ2v) is 7.49. The van der Waals surface area contributed by atoms with E-state index in [9.17, 15) is 9.90 Å². The smallest absolute Gasteiger partial charge is 0.290 e. The fraction of sp³-hybridized carbons (Fsp3) is 0.304. The van der Waals surface area contributed by atoms with Gasteiger partial charge in [-0.25, -0.2) is 0 Å². The van der Waals surface area contributed by atoms with Crippen molar-refractivity contribution in [3.05, 3.63) is 65.9 Å². The van der Waals surface area contributed by atoms with Gasteiger partial charge in [-0.15, -0.1) is 0 Å². The molecule has 1 fully saturated rings. The lowest BCUT2D eigenvalue weighted by Crippen LogP contribution is -2.52. The number of nitrogens with one attached hydrogen (secondary N) is 2. The third-order valence-electron chi connectivity index (χ3n) is 5.20. The van der Waals surface area contributed by atoms with Gasteiger partial charge < -0.3 is 25.3 Å². The molecule has 8 nitrogen and oxygen atoms in total. The molecular weight excluding hydrogens is 398 g/mol. The van der Waals surface area contributed by atoms with Crippen LogP contribution in [0.1, 0.15) is 22.3 Å². The summed E-state index contributed by atoms with van der Waals surface area (Å²) < 4.78 is 5.19. The summed E-state index contributed by atoms with van der Waals surface area (Å²) in [6.45, 7) is 1.79. The first kappa shape index (κ1) is 22.3. The van der Waals surface area contributed by atoms with Crippen molar-refractivity contribution in [2.45, 2.75) is 25.1 Å². The molecule has 1 aliphatic rings. The van der Waals surface area contributed by atoms with Gasteiger partial charge in [0.15, 0.2) is 0 Å². The fourth-order valence-corrected chi connectivity index (χ4v) is 3.88. The lowest BCUT2D eigenvalue weighted by atomic mass is 10.0. The number of aromatic nitrogens is 1. The Balaban J connectivity index is 0.000000858. The number of amides is 1. The number of aliphatic hydroxyl groups excluding tert-OH is 1. The minimum atomic E-state index is -0.460. The minimum Gasteiger partial charge on any atom is -0.497 e. The van der Waals surface area contributed by atoms with E-state index in [1.54, 1.807) is 25.3 Å². The topological polar surface area (TPSA) is 115 Å². The molecule has 1 saturated heterocycles. The van der Waals surface area contributed by atoms with Crippen molar-refractivity contribution in [3.8, 4) is 5.75 Å². The summed E-state index contributed by atoms with van der Waals surface area (Å²) in [6, 6.07) is 15.4. The van der Waals surface area contributed by atoms with E-state index in [2.05, 4.69) is 33.4 Å². The molecule has 4 rings (SSSR count). The summed E-state index contributed by atoms with van der Waals surface area (Å²) in [7, 11) is 1.58. The Morgan fingerprint density at radius 1 is 1.26 bits per heavy atom. The molecule has 0 unspecified atom stereocenters. The predicted molar refractivity (Wildman–Crippen MR) is 117 cm³/mol. The second kappa shape index (κ2) is 10.6. The first-order chi connectivity index (χ1) is 15.0. The quantitative estimate of drug-likeness (QED) is 0.466. The maximum absolute atomic E-state index is 12.6. The van der Waals surface area contributed by atoms with E-state index in [1.165, 1.54) is 10.9 Å². The molecule has 164 valence electrons. The number of aliphatic hydroxyl groups is 1. The molecule has 2 heterocycles. The first-order valence-corrected chi connectivity index (χ1v) is 10.0. The number of piperidine rings is 1. The highest BCUT2D eigenvalue weighted by molar-refractivity contribution is 5.94. The molecule has 31 heavy (non-hydrogen) atoms. The van der Waals surface area contributed by atoms with Crippen molar-refractivity contribution < 1.29 is 24.5 Å². The molecule has 8 heteroatoms. The van der Waals surface area contributed by atoms with Crippen molar-refractivity contribution in [1.29, 1.82) is 0 Å². The number of nitrogens with zero attached hydrogens (tertiary/aromatic N) is 1. The van der Waals surface area contributed by atoms with E-state index in [0.717, 1.165) is 12.1 Å². The van der Waals surface area contributed by atoms with E-state index in [-0.39, 0.29) is 18.4 Å². The Kier molecular flexibility index (Phi) is 7.64. The highest BCUT2D eigenvalue weighted by Gasteiger charge is 2.27. The van der Waals surface area contributed by atoms with Gasteiger partial charge in [-0.2, -0.15) is 0 Å². The Morgan fingerprint density at radius 2 is 2.06 bits per heavy atom. The van der Waals surface area contributed by atoms with Gasteiger partial charge in [0.05, 0.1) is 13.2 Å². The summed E-state index contributed by atoms with van der Waals surface area (Å²) in [5, 5.41) is 21.4. The van der Waals surface area contributed by atoms with Crippen LogP contribution >= 0.6 is 0 Å². The van der Waals surface area contributed by atoms with Gasteiger partial charge in [0.2, 0.25) is 0 Å². The van der Waals surface area contributed by atoms with Crippen LogP contribution in [0.5, 0.6) is 5.75 Å². The van der Waals surface area contributed by atoms with Crippen molar-refractivity contribution in [1.82, 2.24) is 15.2 Å². The molecule has 1 amide bonds. The van der Waals surface area contributed by atoms with E-state index in [4.69, 9.17) is 14.6 Å². The van der Waals surface area contributed by atoms with Gasteiger partial charge in [-0.3, -0.25) is 14.5 Å². The number of ether oxygens (including phenoxy) is 1. The zero-order valence-electron chi connectivity index (χ0n) is 17.3. The summed E-state index contributed by atoms with van der Waals surface area (Å²) in [4.78, 5) is 26.4. The van der Waals surface area contributed by atoms with Crippen molar-refractivity contribution in [2.75, 3.05) is 20.2 Å². The molecule has 2 aromatic carbocycles. The number of methoxy groups -OCH3 is 1. The largest absolute Gasteiger partial charge is 0.497 e. The molecule has 0 aliphatic carbocycles. The van der Waals surface area contributed by atoms with Gasteiger partial charge in [0, 0.05) is 43.0 Å². The van der Waals surface area contributed by atoms with Crippen LogP contribution in [-0.4, -0.2) is 64.8 Å². The zero-order valence-corrected chi connectivity index (χ0v) is 17.3. The monoisotopic (exact) mass is 425 g/mol. The number of fused-ring (bicyclic) bond motifs is 1. The summed E-state index contributed by atoms with van der Waals surface area (Å²) in [5.41, 5.74) is 2.85. The number of β-amino-alcohol motifs (C(OH)–C–C–N with tert-alkyl or cyclic N) is 1. The van der Waals surface area contributed by atoms with Crippen LogP contribution < -0.4 is 10.1 Å². The van der Waals surface area contributed by atoms with Gasteiger partial charge >= 0.3 is 0 Å². The maximum Gasteiger partial charge on any atom is 0.290 e. The van der Waals surface area contributed by atoms with Gasteiger partial charge in [0.25, 0.3) is 12.4 Å². The molecule has 2 atom stereocenters. The fourth-order valence-electron chi connectivity index (χ4n) is 3.88. The third kappa shape index (κ3) is 6.07. The van der Waals surface area contributed by atoms with E-state index >= 15 is 0 Å². The average molecular weight is 425 g/mol. The molecule has 0 radical (unpaired) electrons. The summed E-state index contributed by atoms with van der Waals surface area (Å²) in [6.07, 6.45) is 2.03. The first-order valence-electron chi connectivity index (χ1n) is 10.0. The Morgan fingerprint density at radius 3 is 2.84 bits per heavy atom. The molecule has 4 N–H and O–H groups in total. The standard InChI is InChI=1S/C22H25N3O3.CH2O2/c1-28-20-4-2-3-17(10-20)22(27)24-18-11-19(26)14-25(13-18)12-15-5-6-16-7-8-23-21(16)9-15;2-1-3/h2-10,18-19,23,26H,11-14H2,1H3,(H,24,27);1H,(H,2,3)/t18-,19+;/m0./s1. The number of hydrogen-bond donors (Lipinski definition) is 4. The molecule has 0 saturated carbocycles. The zero-order chi connectivity index (χ0) is 22.2. The number of carboxylic acid groups (broad SMARTS) is 1.